The van der Waals surface area contributed by atoms with Crippen molar-refractivity contribution in [2.24, 2.45) is 0 Å². The molecule has 5 nitrogen and oxygen atoms in total. The number of nitro groups is 1. The molecule has 86 valence electrons. The lowest BCUT2D eigenvalue weighted by Crippen LogP contribution is -2.06. The lowest BCUT2D eigenvalue weighted by molar-refractivity contribution is -0.385. The minimum absolute atomic E-state index is 0.0787. The van der Waals surface area contributed by atoms with Gasteiger partial charge in [-0.2, -0.15) is 0 Å². The number of methoxy groups -OCH3 is 1. The van der Waals surface area contributed by atoms with E-state index in [0.717, 1.165) is 0 Å². The maximum absolute atomic E-state index is 11.5. The number of carbonyl (C=O) groups is 1. The summed E-state index contributed by atoms with van der Waals surface area (Å²) in [7, 11) is 1.26. The van der Waals surface area contributed by atoms with Crippen LogP contribution in [-0.2, 0) is 0 Å². The Morgan fingerprint density at radius 1 is 1.62 bits per heavy atom. The number of rotatable bonds is 4. The summed E-state index contributed by atoms with van der Waals surface area (Å²) in [6.07, 6.45) is 0. The third-order valence-electron chi connectivity index (χ3n) is 1.89. The second-order valence-electron chi connectivity index (χ2n) is 2.79. The highest BCUT2D eigenvalue weighted by molar-refractivity contribution is 9.10. The molecule has 0 aromatic heterocycles. The fourth-order valence-electron chi connectivity index (χ4n) is 1.22. The summed E-state index contributed by atoms with van der Waals surface area (Å²) in [4.78, 5) is 21.6. The molecule has 0 atom stereocenters. The van der Waals surface area contributed by atoms with E-state index in [2.05, 4.69) is 15.9 Å². The SMILES string of the molecule is COc1c([N+](=O)[O-])ccc(Br)c1C(=O)CCl. The number of halogens is 2. The Kier molecular flexibility index (Phi) is 4.26. The van der Waals surface area contributed by atoms with Crippen LogP contribution in [0.4, 0.5) is 5.69 Å². The van der Waals surface area contributed by atoms with E-state index in [9.17, 15) is 14.9 Å². The average molecular weight is 309 g/mol. The number of alkyl halides is 1. The Balaban J connectivity index is 3.50. The topological polar surface area (TPSA) is 69.4 Å². The van der Waals surface area contributed by atoms with Gasteiger partial charge in [0.2, 0.25) is 5.75 Å². The predicted octanol–water partition coefficient (Wildman–Crippen LogP) is 2.79. The summed E-state index contributed by atoms with van der Waals surface area (Å²) in [6.45, 7) is 0. The van der Waals surface area contributed by atoms with E-state index < -0.39 is 10.7 Å². The molecule has 0 amide bonds. The van der Waals surface area contributed by atoms with Gasteiger partial charge >= 0.3 is 5.69 Å². The molecular formula is C9H7BrClNO4. The number of carbonyl (C=O) groups excluding carboxylic acids is 1. The van der Waals surface area contributed by atoms with Gasteiger partial charge in [-0.3, -0.25) is 14.9 Å². The van der Waals surface area contributed by atoms with Crippen molar-refractivity contribution >= 4 is 39.0 Å². The molecule has 16 heavy (non-hydrogen) atoms. The van der Waals surface area contributed by atoms with E-state index in [1.807, 2.05) is 0 Å². The summed E-state index contributed by atoms with van der Waals surface area (Å²) in [5.41, 5.74) is -0.175. The van der Waals surface area contributed by atoms with Crippen molar-refractivity contribution in [2.75, 3.05) is 13.0 Å². The first-order chi connectivity index (χ1) is 7.52. The third kappa shape index (κ3) is 2.33. The van der Waals surface area contributed by atoms with Crippen LogP contribution in [0, 0.1) is 10.1 Å². The second kappa shape index (κ2) is 5.27. The highest BCUT2D eigenvalue weighted by Gasteiger charge is 2.24. The molecule has 0 aliphatic heterocycles. The van der Waals surface area contributed by atoms with Crippen LogP contribution >= 0.6 is 27.5 Å². The monoisotopic (exact) mass is 307 g/mol. The molecule has 1 aromatic carbocycles. The number of nitrogens with zero attached hydrogens (tertiary/aromatic N) is 1. The summed E-state index contributed by atoms with van der Waals surface area (Å²) in [5, 5.41) is 10.7. The predicted molar refractivity (Wildman–Crippen MR) is 62.4 cm³/mol. The maximum Gasteiger partial charge on any atom is 0.311 e. The molecule has 0 N–H and O–H groups in total. The lowest BCUT2D eigenvalue weighted by Gasteiger charge is -2.08. The molecule has 0 fully saturated rings. The Morgan fingerprint density at radius 3 is 2.69 bits per heavy atom. The van der Waals surface area contributed by atoms with Crippen molar-refractivity contribution in [1.29, 1.82) is 0 Å². The van der Waals surface area contributed by atoms with E-state index in [4.69, 9.17) is 16.3 Å². The minimum Gasteiger partial charge on any atom is -0.490 e. The smallest absolute Gasteiger partial charge is 0.311 e. The van der Waals surface area contributed by atoms with Crippen molar-refractivity contribution in [3.63, 3.8) is 0 Å². The van der Waals surface area contributed by atoms with Gasteiger partial charge in [0.25, 0.3) is 0 Å². The van der Waals surface area contributed by atoms with Crippen LogP contribution in [0.2, 0.25) is 0 Å². The zero-order chi connectivity index (χ0) is 12.3. The molecule has 0 aliphatic rings. The fourth-order valence-corrected chi connectivity index (χ4v) is 1.89. The number of nitro benzene ring substituents is 1. The van der Waals surface area contributed by atoms with Crippen LogP contribution in [0.15, 0.2) is 16.6 Å². The summed E-state index contributed by atoms with van der Waals surface area (Å²) >= 11 is 8.55. The zero-order valence-electron chi connectivity index (χ0n) is 8.20. The number of hydrogen-bond acceptors (Lipinski definition) is 4. The van der Waals surface area contributed by atoms with Gasteiger partial charge in [0.15, 0.2) is 5.78 Å². The van der Waals surface area contributed by atoms with Gasteiger partial charge in [-0.05, 0) is 22.0 Å². The summed E-state index contributed by atoms with van der Waals surface area (Å²) in [6, 6.07) is 2.67. The fraction of sp³-hybridized carbons (Fsp3) is 0.222. The van der Waals surface area contributed by atoms with Gasteiger partial charge < -0.3 is 4.74 Å². The van der Waals surface area contributed by atoms with Crippen LogP contribution in [0.5, 0.6) is 5.75 Å². The van der Waals surface area contributed by atoms with E-state index in [1.165, 1.54) is 19.2 Å². The van der Waals surface area contributed by atoms with Gasteiger partial charge in [0.1, 0.15) is 0 Å². The van der Waals surface area contributed by atoms with Crippen molar-refractivity contribution in [2.45, 2.75) is 0 Å². The molecule has 0 saturated heterocycles. The largest absolute Gasteiger partial charge is 0.490 e. The number of hydrogen-bond donors (Lipinski definition) is 0. The Hall–Kier alpha value is -1.14. The quantitative estimate of drug-likeness (QED) is 0.371. The average Bonchev–Trinajstić information content (AvgIpc) is 2.26. The number of Topliss-reactive ketones (excluding diaryl/α,β-unsaturated/α-hetero) is 1. The van der Waals surface area contributed by atoms with E-state index in [0.29, 0.717) is 4.47 Å². The van der Waals surface area contributed by atoms with Gasteiger partial charge in [0, 0.05) is 10.5 Å². The number of ketones is 1. The highest BCUT2D eigenvalue weighted by Crippen LogP contribution is 2.36. The minimum atomic E-state index is -0.615. The normalized spacial score (nSPS) is 9.94. The van der Waals surface area contributed by atoms with Crippen molar-refractivity contribution in [3.8, 4) is 5.75 Å². The van der Waals surface area contributed by atoms with Crippen LogP contribution in [-0.4, -0.2) is 23.7 Å². The molecule has 0 radical (unpaired) electrons. The van der Waals surface area contributed by atoms with Crippen molar-refractivity contribution < 1.29 is 14.5 Å². The number of ether oxygens (including phenoxy) is 1. The first-order valence-corrected chi connectivity index (χ1v) is 5.45. The van der Waals surface area contributed by atoms with E-state index in [-0.39, 0.29) is 22.9 Å². The second-order valence-corrected chi connectivity index (χ2v) is 3.91. The molecular weight excluding hydrogens is 301 g/mol. The van der Waals surface area contributed by atoms with Crippen LogP contribution in [0.3, 0.4) is 0 Å². The third-order valence-corrected chi connectivity index (χ3v) is 2.79. The van der Waals surface area contributed by atoms with Crippen molar-refractivity contribution in [3.05, 3.63) is 32.3 Å². The standard InChI is InChI=1S/C9H7BrClNO4/c1-16-9-6(12(14)15)3-2-5(10)8(9)7(13)4-11/h2-3H,4H2,1H3. The maximum atomic E-state index is 11.5. The first kappa shape index (κ1) is 12.9. The molecule has 0 saturated carbocycles. The van der Waals surface area contributed by atoms with Crippen LogP contribution < -0.4 is 4.74 Å². The molecule has 0 heterocycles. The summed E-state index contributed by atoms with van der Waals surface area (Å²) in [5.74, 6) is -0.782. The highest BCUT2D eigenvalue weighted by atomic mass is 79.9. The molecule has 0 bridgehead atoms. The first-order valence-electron chi connectivity index (χ1n) is 4.13. The zero-order valence-corrected chi connectivity index (χ0v) is 10.5. The van der Waals surface area contributed by atoms with Gasteiger partial charge in [0.05, 0.1) is 23.5 Å². The van der Waals surface area contributed by atoms with Gasteiger partial charge in [-0.1, -0.05) is 0 Å². The molecule has 1 rings (SSSR count). The number of benzene rings is 1. The molecule has 7 heteroatoms. The lowest BCUT2D eigenvalue weighted by atomic mass is 10.1. The molecule has 0 unspecified atom stereocenters. The Labute approximate surface area is 105 Å². The van der Waals surface area contributed by atoms with Crippen LogP contribution in [0.1, 0.15) is 10.4 Å². The molecule has 0 spiro atoms. The van der Waals surface area contributed by atoms with Gasteiger partial charge in [-0.25, -0.2) is 0 Å². The molecule has 0 aliphatic carbocycles. The molecule has 1 aromatic rings. The van der Waals surface area contributed by atoms with Gasteiger partial charge in [-0.15, -0.1) is 11.6 Å². The van der Waals surface area contributed by atoms with Crippen LogP contribution in [0.25, 0.3) is 0 Å². The van der Waals surface area contributed by atoms with E-state index >= 15 is 0 Å². The summed E-state index contributed by atoms with van der Waals surface area (Å²) < 4.78 is 5.31. The van der Waals surface area contributed by atoms with E-state index in [1.54, 1.807) is 0 Å². The Morgan fingerprint density at radius 2 is 2.25 bits per heavy atom. The Bertz CT molecular complexity index is 449. The van der Waals surface area contributed by atoms with Crippen molar-refractivity contribution in [1.82, 2.24) is 0 Å².